The van der Waals surface area contributed by atoms with Crippen molar-refractivity contribution in [2.75, 3.05) is 0 Å². The lowest BCUT2D eigenvalue weighted by Crippen LogP contribution is -2.20. The molecule has 0 heterocycles. The Balaban J connectivity index is 2.77. The van der Waals surface area contributed by atoms with E-state index < -0.39 is 33.8 Å². The molecule has 1 aliphatic carbocycles. The fourth-order valence-electron chi connectivity index (χ4n) is 2.88. The van der Waals surface area contributed by atoms with Crippen molar-refractivity contribution in [1.29, 1.82) is 26.3 Å². The van der Waals surface area contributed by atoms with Crippen molar-refractivity contribution in [3.05, 3.63) is 46.9 Å². The zero-order valence-electron chi connectivity index (χ0n) is 11.6. The third-order valence-corrected chi connectivity index (χ3v) is 4.05. The molecule has 1 aliphatic rings. The number of hydrogen-bond donors (Lipinski definition) is 1. The van der Waals surface area contributed by atoms with Gasteiger partial charge in [-0.05, 0) is 17.7 Å². The lowest BCUT2D eigenvalue weighted by Gasteiger charge is -2.09. The van der Waals surface area contributed by atoms with Gasteiger partial charge in [-0.15, -0.1) is 0 Å². The summed E-state index contributed by atoms with van der Waals surface area (Å²) in [5, 5.41) is 46.4. The Morgan fingerprint density at radius 3 is 1.87 bits per heavy atom. The summed E-state index contributed by atoms with van der Waals surface area (Å²) < 4.78 is 13.1. The van der Waals surface area contributed by atoms with Gasteiger partial charge in [0.25, 0.3) is 0 Å². The van der Waals surface area contributed by atoms with Crippen LogP contribution in [0.15, 0.2) is 35.5 Å². The van der Waals surface area contributed by atoms with Crippen LogP contribution in [0, 0.1) is 73.3 Å². The van der Waals surface area contributed by atoms with Gasteiger partial charge in [-0.3, -0.25) is 0 Å². The van der Waals surface area contributed by atoms with Gasteiger partial charge in [-0.25, -0.2) is 4.39 Å². The number of hydrogen-bond acceptors (Lipinski definition) is 6. The van der Waals surface area contributed by atoms with Crippen LogP contribution in [0.25, 0.3) is 0 Å². The van der Waals surface area contributed by atoms with E-state index in [1.165, 1.54) is 12.1 Å². The summed E-state index contributed by atoms with van der Waals surface area (Å²) >= 11 is 0. The van der Waals surface area contributed by atoms with Crippen molar-refractivity contribution in [3.8, 4) is 30.3 Å². The molecular weight excluding hydrogens is 295 g/mol. The zero-order valence-corrected chi connectivity index (χ0v) is 11.6. The van der Waals surface area contributed by atoms with Gasteiger partial charge in [-0.2, -0.15) is 26.3 Å². The molecule has 0 aliphatic heterocycles. The van der Waals surface area contributed by atoms with Crippen molar-refractivity contribution in [3.63, 3.8) is 0 Å². The molecule has 23 heavy (non-hydrogen) atoms. The van der Waals surface area contributed by atoms with Crippen LogP contribution in [0.1, 0.15) is 11.5 Å². The molecule has 0 unspecified atom stereocenters. The van der Waals surface area contributed by atoms with E-state index in [0.717, 1.165) is 12.1 Å². The summed E-state index contributed by atoms with van der Waals surface area (Å²) in [5.74, 6) is -1.50. The quantitative estimate of drug-likeness (QED) is 0.823. The van der Waals surface area contributed by atoms with Crippen LogP contribution in [0.3, 0.4) is 0 Å². The lowest BCUT2D eigenvalue weighted by atomic mass is 9.90. The molecule has 0 amide bonds. The molecular formula is C16H7FN6. The predicted molar refractivity (Wildman–Crippen MR) is 73.3 cm³/mol. The fourth-order valence-corrected chi connectivity index (χ4v) is 2.88. The average molecular weight is 302 g/mol. The highest BCUT2D eigenvalue weighted by molar-refractivity contribution is 5.63. The first-order valence-electron chi connectivity index (χ1n) is 6.28. The molecule has 0 saturated heterocycles. The second-order valence-electron chi connectivity index (χ2n) is 4.95. The SMILES string of the molecule is N#CC(C#N)=C(N)[C@@]1(C#N)[C@@H](c2ccc(F)cc2)C1(C#N)C#N. The molecule has 0 radical (unpaired) electrons. The molecule has 6 nitrogen and oxygen atoms in total. The van der Waals surface area contributed by atoms with E-state index in [0.29, 0.717) is 5.56 Å². The second kappa shape index (κ2) is 5.16. The highest BCUT2D eigenvalue weighted by Crippen LogP contribution is 2.76. The Kier molecular flexibility index (Phi) is 3.48. The maximum absolute atomic E-state index is 13.1. The number of nitrogens with zero attached hydrogens (tertiary/aromatic N) is 5. The summed E-state index contributed by atoms with van der Waals surface area (Å²) in [6.45, 7) is 0. The minimum atomic E-state index is -1.84. The van der Waals surface area contributed by atoms with E-state index in [-0.39, 0.29) is 0 Å². The van der Waals surface area contributed by atoms with Crippen LogP contribution < -0.4 is 5.73 Å². The van der Waals surface area contributed by atoms with Gasteiger partial charge >= 0.3 is 0 Å². The van der Waals surface area contributed by atoms with Crippen LogP contribution in [0.5, 0.6) is 0 Å². The van der Waals surface area contributed by atoms with E-state index in [4.69, 9.17) is 16.3 Å². The number of benzene rings is 1. The van der Waals surface area contributed by atoms with Crippen molar-refractivity contribution in [1.82, 2.24) is 0 Å². The lowest BCUT2D eigenvalue weighted by molar-refractivity contribution is 0.626. The van der Waals surface area contributed by atoms with E-state index in [9.17, 15) is 20.2 Å². The fraction of sp³-hybridized carbons (Fsp3) is 0.188. The second-order valence-corrected chi connectivity index (χ2v) is 4.95. The van der Waals surface area contributed by atoms with Gasteiger partial charge in [-0.1, -0.05) is 12.1 Å². The topological polar surface area (TPSA) is 145 Å². The minimum absolute atomic E-state index is 0.356. The summed E-state index contributed by atoms with van der Waals surface area (Å²) in [6, 6.07) is 13.5. The van der Waals surface area contributed by atoms with E-state index in [1.807, 2.05) is 6.07 Å². The third kappa shape index (κ3) is 1.74. The monoisotopic (exact) mass is 302 g/mol. The molecule has 2 rings (SSSR count). The first-order valence-corrected chi connectivity index (χ1v) is 6.28. The molecule has 1 saturated carbocycles. The van der Waals surface area contributed by atoms with E-state index in [2.05, 4.69) is 0 Å². The average Bonchev–Trinajstić information content (AvgIpc) is 3.20. The van der Waals surface area contributed by atoms with Gasteiger partial charge in [0.2, 0.25) is 0 Å². The summed E-state index contributed by atoms with van der Waals surface area (Å²) in [4.78, 5) is 0. The Bertz CT molecular complexity index is 880. The van der Waals surface area contributed by atoms with Gasteiger partial charge < -0.3 is 5.73 Å². The highest BCUT2D eigenvalue weighted by atomic mass is 19.1. The first kappa shape index (κ1) is 15.5. The summed E-state index contributed by atoms with van der Waals surface area (Å²) in [5.41, 5.74) is 1.56. The number of nitrogens with two attached hydrogens (primary N) is 1. The van der Waals surface area contributed by atoms with Gasteiger partial charge in [0.05, 0.1) is 23.9 Å². The number of halogens is 1. The molecule has 108 valence electrons. The van der Waals surface area contributed by atoms with Gasteiger partial charge in [0.15, 0.2) is 5.41 Å². The minimum Gasteiger partial charge on any atom is -0.399 e. The largest absolute Gasteiger partial charge is 0.399 e. The molecule has 0 spiro atoms. The van der Waals surface area contributed by atoms with Crippen LogP contribution in [0.2, 0.25) is 0 Å². The highest BCUT2D eigenvalue weighted by Gasteiger charge is 2.82. The Morgan fingerprint density at radius 2 is 1.48 bits per heavy atom. The van der Waals surface area contributed by atoms with Crippen LogP contribution >= 0.6 is 0 Å². The Labute approximate surface area is 131 Å². The maximum atomic E-state index is 13.1. The van der Waals surface area contributed by atoms with Crippen molar-refractivity contribution >= 4 is 0 Å². The Morgan fingerprint density at radius 1 is 0.957 bits per heavy atom. The third-order valence-electron chi connectivity index (χ3n) is 4.05. The molecule has 2 atom stereocenters. The normalized spacial score (nSPS) is 23.0. The van der Waals surface area contributed by atoms with Crippen LogP contribution in [-0.2, 0) is 0 Å². The van der Waals surface area contributed by atoms with Gasteiger partial charge in [0.1, 0.15) is 28.9 Å². The maximum Gasteiger partial charge on any atom is 0.177 e. The summed E-state index contributed by atoms with van der Waals surface area (Å²) in [7, 11) is 0. The molecule has 2 N–H and O–H groups in total. The molecule has 1 fully saturated rings. The molecule has 7 heteroatoms. The molecule has 0 aromatic heterocycles. The zero-order chi connectivity index (χ0) is 17.3. The summed E-state index contributed by atoms with van der Waals surface area (Å²) in [6.07, 6.45) is 0. The van der Waals surface area contributed by atoms with Crippen LogP contribution in [0.4, 0.5) is 4.39 Å². The van der Waals surface area contributed by atoms with Crippen molar-refractivity contribution < 1.29 is 4.39 Å². The molecule has 0 bridgehead atoms. The number of allylic oxidation sites excluding steroid dienone is 2. The van der Waals surface area contributed by atoms with E-state index >= 15 is 0 Å². The number of nitriles is 5. The Hall–Kier alpha value is -3.86. The molecule has 1 aromatic rings. The van der Waals surface area contributed by atoms with Crippen molar-refractivity contribution in [2.24, 2.45) is 16.6 Å². The smallest absolute Gasteiger partial charge is 0.177 e. The number of rotatable bonds is 2. The van der Waals surface area contributed by atoms with Gasteiger partial charge in [0, 0.05) is 5.92 Å². The standard InChI is InChI=1S/C16H7FN6/c17-12-3-1-10(2-4-12)13-15(7-20,8-21)16(13,9-22)14(23)11(5-18)6-19/h1-4,13H,23H2/t13-,16+/m0/s1. The first-order chi connectivity index (χ1) is 11.0. The van der Waals surface area contributed by atoms with E-state index in [1.54, 1.807) is 24.3 Å². The predicted octanol–water partition coefficient (Wildman–Crippen LogP) is 1.73. The molecule has 1 aromatic carbocycles. The van der Waals surface area contributed by atoms with Crippen molar-refractivity contribution in [2.45, 2.75) is 5.92 Å². The van der Waals surface area contributed by atoms with Crippen LogP contribution in [-0.4, -0.2) is 0 Å².